The fourth-order valence-electron chi connectivity index (χ4n) is 1.60. The first-order valence-corrected chi connectivity index (χ1v) is 5.25. The molecule has 82 valence electrons. The Balaban J connectivity index is 2.89. The number of carbonyl (C=O) groups excluding carboxylic acids is 1. The van der Waals surface area contributed by atoms with Crippen molar-refractivity contribution in [1.82, 2.24) is 9.97 Å². The van der Waals surface area contributed by atoms with Crippen molar-refractivity contribution in [2.75, 3.05) is 0 Å². The second-order valence-electron chi connectivity index (χ2n) is 3.40. The van der Waals surface area contributed by atoms with E-state index < -0.39 is 0 Å². The lowest BCUT2D eigenvalue weighted by Gasteiger charge is -2.03. The Kier molecular flexibility index (Phi) is 2.75. The minimum Gasteiger partial charge on any atom is -0.309 e. The maximum atomic E-state index is 11.8. The predicted molar refractivity (Wildman–Crippen MR) is 61.9 cm³/mol. The van der Waals surface area contributed by atoms with E-state index in [1.807, 2.05) is 0 Å². The predicted octanol–water partition coefficient (Wildman–Crippen LogP) is 1.86. The zero-order valence-corrected chi connectivity index (χ0v) is 9.34. The molecule has 1 aromatic heterocycles. The zero-order valence-electron chi connectivity index (χ0n) is 8.58. The van der Waals surface area contributed by atoms with Crippen molar-refractivity contribution in [2.24, 2.45) is 0 Å². The van der Waals surface area contributed by atoms with Gasteiger partial charge in [-0.2, -0.15) is 0 Å². The van der Waals surface area contributed by atoms with E-state index in [0.717, 1.165) is 0 Å². The van der Waals surface area contributed by atoms with Crippen LogP contribution in [0.1, 0.15) is 23.1 Å². The number of fused-ring (bicyclic) bond motifs is 1. The summed E-state index contributed by atoms with van der Waals surface area (Å²) in [6, 6.07) is 5.00. The van der Waals surface area contributed by atoms with Crippen LogP contribution in [0.2, 0.25) is 0 Å². The number of H-pyrrole nitrogens is 1. The van der Waals surface area contributed by atoms with Crippen LogP contribution in [0.25, 0.3) is 10.9 Å². The summed E-state index contributed by atoms with van der Waals surface area (Å²) in [7, 11) is 0. The molecule has 0 radical (unpaired) electrons. The molecule has 0 fully saturated rings. The summed E-state index contributed by atoms with van der Waals surface area (Å²) in [5.74, 6) is 0.381. The molecule has 5 heteroatoms. The molecule has 0 atom stereocenters. The third-order valence-electron chi connectivity index (χ3n) is 2.29. The Morgan fingerprint density at radius 3 is 2.88 bits per heavy atom. The number of rotatable bonds is 2. The molecule has 1 N–H and O–H groups in total. The summed E-state index contributed by atoms with van der Waals surface area (Å²) < 4.78 is 0. The smallest absolute Gasteiger partial charge is 0.259 e. The van der Waals surface area contributed by atoms with E-state index in [-0.39, 0.29) is 17.2 Å². The highest BCUT2D eigenvalue weighted by atomic mass is 35.5. The number of aromatic amines is 1. The van der Waals surface area contributed by atoms with E-state index in [9.17, 15) is 9.59 Å². The van der Waals surface area contributed by atoms with E-state index in [2.05, 4.69) is 9.97 Å². The van der Waals surface area contributed by atoms with Crippen molar-refractivity contribution >= 4 is 28.3 Å². The van der Waals surface area contributed by atoms with Crippen molar-refractivity contribution in [3.8, 4) is 0 Å². The van der Waals surface area contributed by atoms with Gasteiger partial charge in [-0.3, -0.25) is 9.59 Å². The van der Waals surface area contributed by atoms with Gasteiger partial charge in [-0.15, -0.1) is 11.6 Å². The number of nitrogens with one attached hydrogen (secondary N) is 1. The van der Waals surface area contributed by atoms with E-state index >= 15 is 0 Å². The summed E-state index contributed by atoms with van der Waals surface area (Å²) >= 11 is 5.60. The first-order valence-electron chi connectivity index (χ1n) is 4.72. The highest BCUT2D eigenvalue weighted by Gasteiger charge is 2.10. The van der Waals surface area contributed by atoms with Gasteiger partial charge in [0.05, 0.1) is 16.8 Å². The van der Waals surface area contributed by atoms with Gasteiger partial charge < -0.3 is 4.98 Å². The standard InChI is InChI=1S/C11H9ClN2O2/c1-6(15)7-3-2-4-8-10(7)11(16)14-9(5-12)13-8/h2-4H,5H2,1H3,(H,13,14,16). The second-order valence-corrected chi connectivity index (χ2v) is 3.67. The van der Waals surface area contributed by atoms with Crippen LogP contribution in [-0.4, -0.2) is 15.8 Å². The molecule has 4 nitrogen and oxygen atoms in total. The van der Waals surface area contributed by atoms with Crippen LogP contribution in [-0.2, 0) is 5.88 Å². The summed E-state index contributed by atoms with van der Waals surface area (Å²) in [6.07, 6.45) is 0. The Hall–Kier alpha value is -1.68. The van der Waals surface area contributed by atoms with Gasteiger partial charge in [0.25, 0.3) is 5.56 Å². The van der Waals surface area contributed by atoms with Crippen LogP contribution in [0.15, 0.2) is 23.0 Å². The molecular weight excluding hydrogens is 228 g/mol. The molecule has 0 amide bonds. The number of hydrogen-bond donors (Lipinski definition) is 1. The van der Waals surface area contributed by atoms with E-state index in [1.54, 1.807) is 18.2 Å². The largest absolute Gasteiger partial charge is 0.309 e. The maximum absolute atomic E-state index is 11.8. The van der Waals surface area contributed by atoms with Crippen LogP contribution >= 0.6 is 11.6 Å². The number of halogens is 1. The minimum absolute atomic E-state index is 0.134. The Labute approximate surface area is 96.3 Å². The second kappa shape index (κ2) is 4.06. The molecule has 0 unspecified atom stereocenters. The van der Waals surface area contributed by atoms with Crippen LogP contribution in [0.4, 0.5) is 0 Å². The van der Waals surface area contributed by atoms with Gasteiger partial charge in [0.15, 0.2) is 5.78 Å². The Morgan fingerprint density at radius 1 is 1.50 bits per heavy atom. The van der Waals surface area contributed by atoms with Crippen molar-refractivity contribution in [3.63, 3.8) is 0 Å². The van der Waals surface area contributed by atoms with Gasteiger partial charge in [-0.05, 0) is 13.0 Å². The van der Waals surface area contributed by atoms with Crippen molar-refractivity contribution in [1.29, 1.82) is 0 Å². The molecule has 0 bridgehead atoms. The molecule has 0 saturated heterocycles. The zero-order chi connectivity index (χ0) is 11.7. The third kappa shape index (κ3) is 1.72. The first-order chi connectivity index (χ1) is 7.63. The van der Waals surface area contributed by atoms with Crippen molar-refractivity contribution in [2.45, 2.75) is 12.8 Å². The maximum Gasteiger partial charge on any atom is 0.259 e. The molecule has 0 saturated carbocycles. The highest BCUT2D eigenvalue weighted by Crippen LogP contribution is 2.13. The number of Topliss-reactive ketones (excluding diaryl/α,β-unsaturated/α-hetero) is 1. The first kappa shape index (κ1) is 10.8. The molecule has 0 spiro atoms. The number of nitrogens with zero attached hydrogens (tertiary/aromatic N) is 1. The highest BCUT2D eigenvalue weighted by molar-refractivity contribution is 6.16. The van der Waals surface area contributed by atoms with Gasteiger partial charge in [-0.1, -0.05) is 12.1 Å². The normalized spacial score (nSPS) is 10.6. The molecule has 16 heavy (non-hydrogen) atoms. The van der Waals surface area contributed by atoms with Crippen LogP contribution in [0.5, 0.6) is 0 Å². The SMILES string of the molecule is CC(=O)c1cccc2nc(CCl)[nH]c(=O)c12. The number of benzene rings is 1. The van der Waals surface area contributed by atoms with E-state index in [0.29, 0.717) is 22.3 Å². The summed E-state index contributed by atoms with van der Waals surface area (Å²) in [4.78, 5) is 29.8. The van der Waals surface area contributed by atoms with Crippen molar-refractivity contribution in [3.05, 3.63) is 39.9 Å². The lowest BCUT2D eigenvalue weighted by atomic mass is 10.1. The number of ketones is 1. The number of hydrogen-bond acceptors (Lipinski definition) is 3. The average molecular weight is 237 g/mol. The summed E-state index contributed by atoms with van der Waals surface area (Å²) in [5.41, 5.74) is 0.547. The molecule has 0 aliphatic heterocycles. The lowest BCUT2D eigenvalue weighted by molar-refractivity contribution is 0.101. The summed E-state index contributed by atoms with van der Waals surface area (Å²) in [6.45, 7) is 1.42. The lowest BCUT2D eigenvalue weighted by Crippen LogP contribution is -2.14. The molecule has 1 heterocycles. The molecule has 1 aromatic carbocycles. The Bertz CT molecular complexity index is 619. The van der Waals surface area contributed by atoms with Gasteiger partial charge in [0.2, 0.25) is 0 Å². The Morgan fingerprint density at radius 2 is 2.25 bits per heavy atom. The fourth-order valence-corrected chi connectivity index (χ4v) is 1.72. The topological polar surface area (TPSA) is 62.8 Å². The van der Waals surface area contributed by atoms with Gasteiger partial charge >= 0.3 is 0 Å². The van der Waals surface area contributed by atoms with E-state index in [4.69, 9.17) is 11.6 Å². The molecule has 0 aliphatic carbocycles. The van der Waals surface area contributed by atoms with Crippen LogP contribution < -0.4 is 5.56 Å². The van der Waals surface area contributed by atoms with Crippen LogP contribution in [0.3, 0.4) is 0 Å². The summed E-state index contributed by atoms with van der Waals surface area (Å²) in [5, 5.41) is 0.323. The van der Waals surface area contributed by atoms with Gasteiger partial charge in [0, 0.05) is 5.56 Å². The molecule has 2 rings (SSSR count). The number of alkyl halides is 1. The van der Waals surface area contributed by atoms with E-state index in [1.165, 1.54) is 6.92 Å². The monoisotopic (exact) mass is 236 g/mol. The molecule has 2 aromatic rings. The number of carbonyl (C=O) groups is 1. The quantitative estimate of drug-likeness (QED) is 0.640. The van der Waals surface area contributed by atoms with Crippen molar-refractivity contribution < 1.29 is 4.79 Å². The minimum atomic E-state index is -0.327. The number of aromatic nitrogens is 2. The molecule has 0 aliphatic rings. The third-order valence-corrected chi connectivity index (χ3v) is 2.54. The van der Waals surface area contributed by atoms with Crippen LogP contribution in [0, 0.1) is 0 Å². The van der Waals surface area contributed by atoms with Gasteiger partial charge in [-0.25, -0.2) is 4.98 Å². The average Bonchev–Trinajstić information content (AvgIpc) is 2.27. The van der Waals surface area contributed by atoms with Gasteiger partial charge in [0.1, 0.15) is 5.82 Å². The fraction of sp³-hybridized carbons (Fsp3) is 0.182. The molecular formula is C11H9ClN2O2.